The average Bonchev–Trinajstić information content (AvgIpc) is 2.89. The third kappa shape index (κ3) is 2.13. The van der Waals surface area contributed by atoms with Gasteiger partial charge in [0.05, 0.1) is 19.3 Å². The van der Waals surface area contributed by atoms with Crippen LogP contribution in [0.5, 0.6) is 0 Å². The van der Waals surface area contributed by atoms with Gasteiger partial charge in [0.15, 0.2) is 5.69 Å². The maximum atomic E-state index is 11.5. The molecule has 3 atom stereocenters. The van der Waals surface area contributed by atoms with Crippen LogP contribution in [0.4, 0.5) is 0 Å². The van der Waals surface area contributed by atoms with Crippen LogP contribution in [-0.4, -0.2) is 27.6 Å². The molecule has 1 heterocycles. The number of carbonyl (C=O) groups excluding carboxylic acids is 1. The average molecular weight is 249 g/mol. The molecule has 0 spiro atoms. The second kappa shape index (κ2) is 4.71. The summed E-state index contributed by atoms with van der Waals surface area (Å²) in [5.41, 5.74) is 0.317. The van der Waals surface area contributed by atoms with Crippen molar-refractivity contribution < 1.29 is 9.53 Å². The molecule has 2 aliphatic carbocycles. The third-order valence-corrected chi connectivity index (χ3v) is 4.29. The van der Waals surface area contributed by atoms with E-state index in [-0.39, 0.29) is 5.97 Å². The number of esters is 1. The molecule has 0 amide bonds. The molecular formula is C13H19N3O2. The molecule has 0 saturated heterocycles. The minimum absolute atomic E-state index is 0.317. The first-order valence-corrected chi connectivity index (χ1v) is 6.83. The Morgan fingerprint density at radius 1 is 1.44 bits per heavy atom. The van der Waals surface area contributed by atoms with Gasteiger partial charge in [0, 0.05) is 0 Å². The van der Waals surface area contributed by atoms with Crippen molar-refractivity contribution in [1.82, 2.24) is 15.0 Å². The van der Waals surface area contributed by atoms with Crippen LogP contribution >= 0.6 is 0 Å². The van der Waals surface area contributed by atoms with Gasteiger partial charge in [-0.2, -0.15) is 9.90 Å². The van der Waals surface area contributed by atoms with Crippen LogP contribution in [0.1, 0.15) is 43.1 Å². The van der Waals surface area contributed by atoms with Crippen LogP contribution in [0, 0.1) is 17.8 Å². The quantitative estimate of drug-likeness (QED) is 0.765. The van der Waals surface area contributed by atoms with E-state index in [1.165, 1.54) is 31.9 Å². The molecule has 1 aromatic rings. The molecule has 0 aromatic carbocycles. The number of hydrogen-bond donors (Lipinski definition) is 0. The molecule has 0 bridgehead atoms. The summed E-state index contributed by atoms with van der Waals surface area (Å²) in [5.74, 6) is 2.21. The molecule has 98 valence electrons. The number of ether oxygens (including phenoxy) is 1. The first kappa shape index (κ1) is 11.7. The second-order valence-electron chi connectivity index (χ2n) is 5.44. The molecule has 1 unspecified atom stereocenters. The highest BCUT2D eigenvalue weighted by Gasteiger charge is 2.40. The second-order valence-corrected chi connectivity index (χ2v) is 5.44. The fourth-order valence-corrected chi connectivity index (χ4v) is 3.28. The predicted octanol–water partition coefficient (Wildman–Crippen LogP) is 1.89. The van der Waals surface area contributed by atoms with E-state index in [0.717, 1.165) is 18.4 Å². The van der Waals surface area contributed by atoms with E-state index in [2.05, 4.69) is 10.2 Å². The Bertz CT molecular complexity index is 431. The minimum Gasteiger partial charge on any atom is -0.461 e. The molecule has 1 aromatic heterocycles. The molecule has 2 fully saturated rings. The molecule has 3 rings (SSSR count). The van der Waals surface area contributed by atoms with Crippen molar-refractivity contribution in [3.8, 4) is 0 Å². The Labute approximate surface area is 107 Å². The van der Waals surface area contributed by atoms with Crippen molar-refractivity contribution in [2.45, 2.75) is 39.2 Å². The van der Waals surface area contributed by atoms with Gasteiger partial charge in [0.2, 0.25) is 0 Å². The molecule has 0 radical (unpaired) electrons. The van der Waals surface area contributed by atoms with E-state index in [4.69, 9.17) is 4.74 Å². The zero-order valence-electron chi connectivity index (χ0n) is 10.7. The van der Waals surface area contributed by atoms with Crippen LogP contribution in [0.3, 0.4) is 0 Å². The van der Waals surface area contributed by atoms with Gasteiger partial charge in [-0.3, -0.25) is 0 Å². The first-order valence-electron chi connectivity index (χ1n) is 6.83. The van der Waals surface area contributed by atoms with Crippen molar-refractivity contribution in [3.63, 3.8) is 0 Å². The molecule has 2 saturated carbocycles. The summed E-state index contributed by atoms with van der Waals surface area (Å²) in [6.07, 6.45) is 6.92. The Morgan fingerprint density at radius 3 is 2.78 bits per heavy atom. The lowest BCUT2D eigenvalue weighted by atomic mass is 9.77. The highest BCUT2D eigenvalue weighted by atomic mass is 16.5. The highest BCUT2D eigenvalue weighted by Crippen LogP contribution is 2.49. The van der Waals surface area contributed by atoms with E-state index in [0.29, 0.717) is 18.2 Å². The lowest BCUT2D eigenvalue weighted by molar-refractivity contribution is 0.0518. The Hall–Kier alpha value is -1.39. The van der Waals surface area contributed by atoms with Crippen molar-refractivity contribution in [2.75, 3.05) is 6.61 Å². The lowest BCUT2D eigenvalue weighted by Gasteiger charge is -2.29. The van der Waals surface area contributed by atoms with E-state index < -0.39 is 0 Å². The number of carbonyl (C=O) groups is 1. The van der Waals surface area contributed by atoms with Crippen LogP contribution in [0.2, 0.25) is 0 Å². The van der Waals surface area contributed by atoms with Gasteiger partial charge in [-0.05, 0) is 50.4 Å². The monoisotopic (exact) mass is 249 g/mol. The first-order chi connectivity index (χ1) is 8.76. The normalized spacial score (nSPS) is 29.7. The summed E-state index contributed by atoms with van der Waals surface area (Å²) in [6, 6.07) is 0. The summed E-state index contributed by atoms with van der Waals surface area (Å²) in [5, 5.41) is 8.35. The fourth-order valence-electron chi connectivity index (χ4n) is 3.28. The van der Waals surface area contributed by atoms with Gasteiger partial charge in [-0.15, -0.1) is 5.10 Å². The Morgan fingerprint density at radius 2 is 2.17 bits per heavy atom. The third-order valence-electron chi connectivity index (χ3n) is 4.29. The van der Waals surface area contributed by atoms with E-state index in [1.54, 1.807) is 11.7 Å². The fraction of sp³-hybridized carbons (Fsp3) is 0.769. The molecule has 2 aliphatic rings. The van der Waals surface area contributed by atoms with Crippen LogP contribution in [-0.2, 0) is 11.3 Å². The standard InChI is InChI=1S/C13H19N3O2/c1-2-18-13(17)12-7-14-16(15-12)8-9-5-10-3-4-11(10)6-9/h7,9-11H,2-6,8H2,1H3/t9?,10-,11+. The van der Waals surface area contributed by atoms with E-state index >= 15 is 0 Å². The Balaban J connectivity index is 1.58. The highest BCUT2D eigenvalue weighted by molar-refractivity contribution is 5.86. The molecule has 0 N–H and O–H groups in total. The van der Waals surface area contributed by atoms with E-state index in [1.807, 2.05) is 0 Å². The van der Waals surface area contributed by atoms with Crippen molar-refractivity contribution in [3.05, 3.63) is 11.9 Å². The lowest BCUT2D eigenvalue weighted by Crippen LogP contribution is -2.18. The van der Waals surface area contributed by atoms with Crippen LogP contribution in [0.25, 0.3) is 0 Å². The van der Waals surface area contributed by atoms with Gasteiger partial charge in [-0.1, -0.05) is 0 Å². The van der Waals surface area contributed by atoms with Crippen LogP contribution < -0.4 is 0 Å². The summed E-state index contributed by atoms with van der Waals surface area (Å²) >= 11 is 0. The predicted molar refractivity (Wildman–Crippen MR) is 64.9 cm³/mol. The molecule has 0 aliphatic heterocycles. The van der Waals surface area contributed by atoms with Gasteiger partial charge in [0.1, 0.15) is 0 Å². The van der Waals surface area contributed by atoms with Gasteiger partial charge in [0.25, 0.3) is 0 Å². The van der Waals surface area contributed by atoms with Crippen molar-refractivity contribution in [2.24, 2.45) is 17.8 Å². The smallest absolute Gasteiger partial charge is 0.360 e. The molecular weight excluding hydrogens is 230 g/mol. The molecule has 5 heteroatoms. The van der Waals surface area contributed by atoms with Gasteiger partial charge < -0.3 is 4.74 Å². The number of fused-ring (bicyclic) bond motifs is 1. The number of rotatable bonds is 4. The van der Waals surface area contributed by atoms with E-state index in [9.17, 15) is 4.79 Å². The number of hydrogen-bond acceptors (Lipinski definition) is 4. The maximum absolute atomic E-state index is 11.5. The van der Waals surface area contributed by atoms with Crippen molar-refractivity contribution >= 4 is 5.97 Å². The minimum atomic E-state index is -0.379. The Kier molecular flexibility index (Phi) is 3.06. The summed E-state index contributed by atoms with van der Waals surface area (Å²) in [4.78, 5) is 13.1. The summed E-state index contributed by atoms with van der Waals surface area (Å²) < 4.78 is 4.90. The van der Waals surface area contributed by atoms with Crippen LogP contribution in [0.15, 0.2) is 6.20 Å². The summed E-state index contributed by atoms with van der Waals surface area (Å²) in [7, 11) is 0. The number of aromatic nitrogens is 3. The van der Waals surface area contributed by atoms with Gasteiger partial charge in [-0.25, -0.2) is 4.79 Å². The summed E-state index contributed by atoms with van der Waals surface area (Å²) in [6.45, 7) is 3.00. The maximum Gasteiger partial charge on any atom is 0.360 e. The zero-order chi connectivity index (χ0) is 12.5. The molecule has 5 nitrogen and oxygen atoms in total. The largest absolute Gasteiger partial charge is 0.461 e. The van der Waals surface area contributed by atoms with Crippen molar-refractivity contribution in [1.29, 1.82) is 0 Å². The zero-order valence-corrected chi connectivity index (χ0v) is 10.7. The molecule has 18 heavy (non-hydrogen) atoms. The SMILES string of the molecule is CCOC(=O)c1cnn(CC2C[C@H]3CC[C@H]3C2)n1. The number of nitrogens with zero attached hydrogens (tertiary/aromatic N) is 3. The van der Waals surface area contributed by atoms with Gasteiger partial charge >= 0.3 is 5.97 Å². The topological polar surface area (TPSA) is 57.0 Å².